The molecule has 9 heteroatoms. The van der Waals surface area contributed by atoms with Crippen molar-refractivity contribution in [3.8, 4) is 0 Å². The summed E-state index contributed by atoms with van der Waals surface area (Å²) in [6, 6.07) is 0. The molecule has 0 aromatic rings. The molecular weight excluding hydrogens is 528 g/mol. The molecule has 12 unspecified atom stereocenters. The van der Waals surface area contributed by atoms with Crippen LogP contribution in [0.2, 0.25) is 0 Å². The fraction of sp³-hybridized carbons (Fsp3) is 0.844. The highest BCUT2D eigenvalue weighted by Crippen LogP contribution is 2.70. The van der Waals surface area contributed by atoms with E-state index in [2.05, 4.69) is 13.8 Å². The van der Waals surface area contributed by atoms with E-state index in [0.29, 0.717) is 24.7 Å². The first-order valence-corrected chi connectivity index (χ1v) is 15.5. The molecular formula is C32H46O9. The van der Waals surface area contributed by atoms with E-state index in [-0.39, 0.29) is 47.7 Å². The van der Waals surface area contributed by atoms with Crippen LogP contribution in [-0.4, -0.2) is 72.9 Å². The first-order valence-electron chi connectivity index (χ1n) is 15.5. The minimum atomic E-state index is -0.998. The molecule has 12 atom stereocenters. The topological polar surface area (TPSA) is 118 Å². The van der Waals surface area contributed by atoms with Crippen LogP contribution < -0.4 is 0 Å². The number of ketones is 1. The largest absolute Gasteiger partial charge is 0.462 e. The van der Waals surface area contributed by atoms with Crippen molar-refractivity contribution in [2.75, 3.05) is 13.7 Å². The van der Waals surface area contributed by atoms with Crippen molar-refractivity contribution in [1.82, 2.24) is 0 Å². The molecule has 6 rings (SSSR count). The molecule has 0 radical (unpaired) electrons. The molecule has 0 aromatic carbocycles. The summed E-state index contributed by atoms with van der Waals surface area (Å²) < 4.78 is 28.9. The van der Waals surface area contributed by atoms with Crippen molar-refractivity contribution < 1.29 is 43.2 Å². The molecule has 1 saturated heterocycles. The van der Waals surface area contributed by atoms with Gasteiger partial charge in [-0.3, -0.25) is 9.59 Å². The Hall–Kier alpha value is -1.81. The second-order valence-corrected chi connectivity index (χ2v) is 14.1. The summed E-state index contributed by atoms with van der Waals surface area (Å²) in [6.07, 6.45) is 7.08. The molecule has 41 heavy (non-hydrogen) atoms. The van der Waals surface area contributed by atoms with Crippen molar-refractivity contribution in [2.45, 2.75) is 122 Å². The zero-order valence-corrected chi connectivity index (χ0v) is 25.1. The third-order valence-electron chi connectivity index (χ3n) is 12.3. The number of esters is 2. The SMILES string of the molecule is COC1CC(OC2CCC3(C)C(CCC4C3CCC3(C)C(C5=CC(=O)OC5)C(OC(C)=O)CC43O)C2)OC(C)C1=O. The van der Waals surface area contributed by atoms with Crippen LogP contribution in [0.3, 0.4) is 0 Å². The van der Waals surface area contributed by atoms with Crippen molar-refractivity contribution in [3.05, 3.63) is 11.6 Å². The Morgan fingerprint density at radius 2 is 1.85 bits per heavy atom. The van der Waals surface area contributed by atoms with E-state index in [4.69, 9.17) is 23.7 Å². The van der Waals surface area contributed by atoms with Gasteiger partial charge in [-0.15, -0.1) is 0 Å². The third-order valence-corrected chi connectivity index (χ3v) is 12.3. The molecule has 0 spiro atoms. The number of ether oxygens (including phenoxy) is 5. The molecule has 1 N–H and O–H groups in total. The summed E-state index contributed by atoms with van der Waals surface area (Å²) in [5.74, 6) is -0.0666. The minimum absolute atomic E-state index is 0.0300. The summed E-state index contributed by atoms with van der Waals surface area (Å²) >= 11 is 0. The van der Waals surface area contributed by atoms with Gasteiger partial charge in [-0.05, 0) is 80.6 Å². The molecule has 4 saturated carbocycles. The van der Waals surface area contributed by atoms with E-state index in [1.807, 2.05) is 0 Å². The minimum Gasteiger partial charge on any atom is -0.462 e. The Morgan fingerprint density at radius 1 is 1.07 bits per heavy atom. The van der Waals surface area contributed by atoms with Gasteiger partial charge in [0.1, 0.15) is 24.9 Å². The molecule has 228 valence electrons. The standard InChI is InChI=1S/C32H46O9/c1-17-29(35)24(37-5)14-27(39-17)41-21-8-10-30(3)20(13-21)6-7-23-22(30)9-11-31(4)28(19-12-26(34)38-16-19)25(40-18(2)33)15-32(23,31)36/h12,17,20-25,27-28,36H,6-11,13-16H2,1-5H3. The lowest BCUT2D eigenvalue weighted by Gasteiger charge is -2.63. The van der Waals surface area contributed by atoms with Crippen molar-refractivity contribution in [3.63, 3.8) is 0 Å². The predicted octanol–water partition coefficient (Wildman–Crippen LogP) is 3.89. The maximum Gasteiger partial charge on any atom is 0.331 e. The van der Waals surface area contributed by atoms with Gasteiger partial charge in [0.05, 0.1) is 11.7 Å². The number of hydrogen-bond acceptors (Lipinski definition) is 9. The van der Waals surface area contributed by atoms with Crippen LogP contribution in [0.15, 0.2) is 11.6 Å². The van der Waals surface area contributed by atoms with Gasteiger partial charge in [0.15, 0.2) is 12.1 Å². The van der Waals surface area contributed by atoms with Crippen LogP contribution in [0.4, 0.5) is 0 Å². The lowest BCUT2D eigenvalue weighted by atomic mass is 9.43. The van der Waals surface area contributed by atoms with E-state index in [1.54, 1.807) is 20.1 Å². The van der Waals surface area contributed by atoms with Gasteiger partial charge in [0, 0.05) is 44.3 Å². The number of Topliss-reactive ketones (excluding diaryl/α,β-unsaturated/α-hetero) is 1. The number of carbonyl (C=O) groups excluding carboxylic acids is 3. The number of aliphatic hydroxyl groups is 1. The van der Waals surface area contributed by atoms with Gasteiger partial charge in [0.2, 0.25) is 0 Å². The van der Waals surface area contributed by atoms with E-state index in [0.717, 1.165) is 50.5 Å². The van der Waals surface area contributed by atoms with E-state index < -0.39 is 35.6 Å². The highest BCUT2D eigenvalue weighted by molar-refractivity contribution is 5.87. The Labute approximate surface area is 242 Å². The Bertz CT molecular complexity index is 1120. The molecule has 0 bridgehead atoms. The van der Waals surface area contributed by atoms with Gasteiger partial charge in [-0.25, -0.2) is 4.79 Å². The van der Waals surface area contributed by atoms with E-state index >= 15 is 0 Å². The summed E-state index contributed by atoms with van der Waals surface area (Å²) in [5.41, 5.74) is -0.594. The lowest BCUT2D eigenvalue weighted by molar-refractivity contribution is -0.244. The van der Waals surface area contributed by atoms with Crippen molar-refractivity contribution in [2.24, 2.45) is 34.5 Å². The molecule has 4 aliphatic carbocycles. The Balaban J connectivity index is 1.20. The third kappa shape index (κ3) is 4.61. The molecule has 5 fully saturated rings. The molecule has 2 aliphatic heterocycles. The van der Waals surface area contributed by atoms with Crippen LogP contribution in [-0.2, 0) is 38.1 Å². The van der Waals surface area contributed by atoms with Crippen molar-refractivity contribution >= 4 is 17.7 Å². The van der Waals surface area contributed by atoms with E-state index in [1.165, 1.54) is 6.92 Å². The van der Waals surface area contributed by atoms with Gasteiger partial charge in [-0.1, -0.05) is 13.8 Å². The zero-order chi connectivity index (χ0) is 29.3. The maximum absolute atomic E-state index is 12.7. The van der Waals surface area contributed by atoms with Crippen LogP contribution >= 0.6 is 0 Å². The summed E-state index contributed by atoms with van der Waals surface area (Å²) in [7, 11) is 1.56. The predicted molar refractivity (Wildman–Crippen MR) is 146 cm³/mol. The normalized spacial score (nSPS) is 49.4. The van der Waals surface area contributed by atoms with Crippen LogP contribution in [0.25, 0.3) is 0 Å². The molecule has 0 aromatic heterocycles. The Morgan fingerprint density at radius 3 is 2.54 bits per heavy atom. The molecule has 0 amide bonds. The molecule has 9 nitrogen and oxygen atoms in total. The average Bonchev–Trinajstić information content (AvgIpc) is 3.42. The number of carbonyl (C=O) groups is 3. The lowest BCUT2D eigenvalue weighted by Crippen LogP contribution is -2.62. The zero-order valence-electron chi connectivity index (χ0n) is 25.1. The summed E-state index contributed by atoms with van der Waals surface area (Å²) in [5, 5.41) is 12.7. The number of rotatable bonds is 5. The number of methoxy groups -OCH3 is 1. The van der Waals surface area contributed by atoms with E-state index in [9.17, 15) is 19.5 Å². The summed E-state index contributed by atoms with van der Waals surface area (Å²) in [4.78, 5) is 36.4. The Kier molecular flexibility index (Phi) is 7.44. The second kappa shape index (κ2) is 10.4. The highest BCUT2D eigenvalue weighted by Gasteiger charge is 2.71. The van der Waals surface area contributed by atoms with Crippen LogP contribution in [0.1, 0.15) is 85.5 Å². The summed E-state index contributed by atoms with van der Waals surface area (Å²) in [6.45, 7) is 7.93. The fourth-order valence-electron chi connectivity index (χ4n) is 10.3. The molecule has 2 heterocycles. The highest BCUT2D eigenvalue weighted by atomic mass is 16.7. The smallest absolute Gasteiger partial charge is 0.331 e. The van der Waals surface area contributed by atoms with Gasteiger partial charge in [-0.2, -0.15) is 0 Å². The number of cyclic esters (lactones) is 1. The fourth-order valence-corrected chi connectivity index (χ4v) is 10.3. The second-order valence-electron chi connectivity index (χ2n) is 14.1. The maximum atomic E-state index is 12.7. The van der Waals surface area contributed by atoms with Crippen molar-refractivity contribution in [1.29, 1.82) is 0 Å². The first-order chi connectivity index (χ1) is 19.4. The van der Waals surface area contributed by atoms with Crippen LogP contribution in [0, 0.1) is 34.5 Å². The molecule has 6 aliphatic rings. The first kappa shape index (κ1) is 29.3. The quantitative estimate of drug-likeness (QED) is 0.385. The monoisotopic (exact) mass is 574 g/mol. The van der Waals surface area contributed by atoms with Gasteiger partial charge < -0.3 is 28.8 Å². The van der Waals surface area contributed by atoms with Gasteiger partial charge >= 0.3 is 11.9 Å². The van der Waals surface area contributed by atoms with Crippen LogP contribution in [0.5, 0.6) is 0 Å². The average molecular weight is 575 g/mol. The number of fused-ring (bicyclic) bond motifs is 5. The van der Waals surface area contributed by atoms with Gasteiger partial charge in [0.25, 0.3) is 0 Å². The number of hydrogen-bond donors (Lipinski definition) is 1.